The molecule has 0 spiro atoms. The molecular formula is C10H14N2O4. The molecule has 0 saturated carbocycles. The molecule has 88 valence electrons. The van der Waals surface area contributed by atoms with Gasteiger partial charge < -0.3 is 14.8 Å². The number of carboxylic acids is 2. The van der Waals surface area contributed by atoms with Gasteiger partial charge in [-0.05, 0) is 6.92 Å². The minimum Gasteiger partial charge on any atom is -0.481 e. The summed E-state index contributed by atoms with van der Waals surface area (Å²) in [6, 6.07) is -1.09. The first-order valence-electron chi connectivity index (χ1n) is 4.94. The third-order valence-corrected chi connectivity index (χ3v) is 2.23. The third-order valence-electron chi connectivity index (χ3n) is 2.23. The van der Waals surface area contributed by atoms with Crippen LogP contribution in [0.4, 0.5) is 0 Å². The van der Waals surface area contributed by atoms with Crippen molar-refractivity contribution < 1.29 is 19.8 Å². The topological polar surface area (TPSA) is 92.4 Å². The van der Waals surface area contributed by atoms with Crippen LogP contribution in [0.1, 0.15) is 30.9 Å². The first-order chi connectivity index (χ1) is 7.45. The summed E-state index contributed by atoms with van der Waals surface area (Å²) in [6.07, 6.45) is 1.69. The molecule has 0 aromatic carbocycles. The molecule has 6 heteroatoms. The van der Waals surface area contributed by atoms with E-state index in [-0.39, 0.29) is 0 Å². The lowest BCUT2D eigenvalue weighted by Crippen LogP contribution is -2.23. The average Bonchev–Trinajstić information content (AvgIpc) is 2.55. The molecule has 0 aliphatic heterocycles. The normalized spacial score (nSPS) is 12.4. The summed E-state index contributed by atoms with van der Waals surface area (Å²) in [4.78, 5) is 25.7. The predicted molar refractivity (Wildman–Crippen MR) is 55.3 cm³/mol. The highest BCUT2D eigenvalue weighted by molar-refractivity contribution is 5.79. The highest BCUT2D eigenvalue weighted by atomic mass is 16.4. The number of aryl methyl sites for hydroxylation is 2. The zero-order valence-corrected chi connectivity index (χ0v) is 9.17. The van der Waals surface area contributed by atoms with Crippen molar-refractivity contribution in [2.75, 3.05) is 0 Å². The summed E-state index contributed by atoms with van der Waals surface area (Å²) >= 11 is 0. The van der Waals surface area contributed by atoms with Gasteiger partial charge in [0.05, 0.1) is 12.1 Å². The molecule has 2 N–H and O–H groups in total. The second-order valence-electron chi connectivity index (χ2n) is 3.51. The Morgan fingerprint density at radius 1 is 1.50 bits per heavy atom. The molecule has 16 heavy (non-hydrogen) atoms. The van der Waals surface area contributed by atoms with Gasteiger partial charge >= 0.3 is 11.9 Å². The molecule has 1 aromatic rings. The number of nitrogens with zero attached hydrogens (tertiary/aromatic N) is 2. The number of imidazole rings is 1. The zero-order chi connectivity index (χ0) is 12.3. The average molecular weight is 226 g/mol. The molecule has 0 fully saturated rings. The molecule has 0 saturated heterocycles. The quantitative estimate of drug-likeness (QED) is 0.776. The fraction of sp³-hybridized carbons (Fsp3) is 0.500. The van der Waals surface area contributed by atoms with Crippen molar-refractivity contribution in [1.29, 1.82) is 0 Å². The Hall–Kier alpha value is -1.85. The Bertz CT molecular complexity index is 411. The molecule has 6 nitrogen and oxygen atoms in total. The second kappa shape index (κ2) is 4.78. The number of aromatic nitrogens is 2. The molecule has 1 aromatic heterocycles. The summed E-state index contributed by atoms with van der Waals surface area (Å²) in [6.45, 7) is 3.59. The van der Waals surface area contributed by atoms with Crippen LogP contribution in [0.5, 0.6) is 0 Å². The largest absolute Gasteiger partial charge is 0.481 e. The standard InChI is InChI=1S/C10H14N2O4/c1-3-8-11-6(2)5-12(8)7(10(15)16)4-9(13)14/h5,7H,3-4H2,1-2H3,(H,13,14)(H,15,16)/t7-/m0/s1. The molecular weight excluding hydrogens is 212 g/mol. The lowest BCUT2D eigenvalue weighted by Gasteiger charge is -2.13. The van der Waals surface area contributed by atoms with Crippen LogP contribution in [-0.4, -0.2) is 31.7 Å². The number of hydrogen-bond donors (Lipinski definition) is 2. The third kappa shape index (κ3) is 2.59. The summed E-state index contributed by atoms with van der Waals surface area (Å²) in [7, 11) is 0. The molecule has 0 radical (unpaired) electrons. The highest BCUT2D eigenvalue weighted by Gasteiger charge is 2.24. The van der Waals surface area contributed by atoms with Crippen LogP contribution in [0.25, 0.3) is 0 Å². The van der Waals surface area contributed by atoms with Crippen molar-refractivity contribution >= 4 is 11.9 Å². The van der Waals surface area contributed by atoms with Crippen LogP contribution < -0.4 is 0 Å². The highest BCUT2D eigenvalue weighted by Crippen LogP contribution is 2.16. The van der Waals surface area contributed by atoms with Crippen molar-refractivity contribution in [1.82, 2.24) is 9.55 Å². The maximum absolute atomic E-state index is 11.0. The van der Waals surface area contributed by atoms with E-state index >= 15 is 0 Å². The van der Waals surface area contributed by atoms with Crippen LogP contribution in [0.15, 0.2) is 6.20 Å². The summed E-state index contributed by atoms with van der Waals surface area (Å²) in [5.41, 5.74) is 0.688. The number of rotatable bonds is 5. The van der Waals surface area contributed by atoms with E-state index in [2.05, 4.69) is 4.98 Å². The van der Waals surface area contributed by atoms with Crippen LogP contribution in [0, 0.1) is 6.92 Å². The minimum absolute atomic E-state index is 0.446. The minimum atomic E-state index is -1.16. The monoisotopic (exact) mass is 226 g/mol. The second-order valence-corrected chi connectivity index (χ2v) is 3.51. The summed E-state index contributed by atoms with van der Waals surface area (Å²) in [5, 5.41) is 17.7. The first kappa shape index (κ1) is 12.2. The number of hydrogen-bond acceptors (Lipinski definition) is 3. The smallest absolute Gasteiger partial charge is 0.327 e. The Balaban J connectivity index is 3.09. The van der Waals surface area contributed by atoms with Gasteiger partial charge in [-0.15, -0.1) is 0 Å². The van der Waals surface area contributed by atoms with Gasteiger partial charge in [-0.3, -0.25) is 4.79 Å². The zero-order valence-electron chi connectivity index (χ0n) is 9.17. The lowest BCUT2D eigenvalue weighted by molar-refractivity contribution is -0.147. The van der Waals surface area contributed by atoms with Gasteiger partial charge in [0.15, 0.2) is 0 Å². The Kier molecular flexibility index (Phi) is 3.65. The van der Waals surface area contributed by atoms with E-state index in [4.69, 9.17) is 10.2 Å². The van der Waals surface area contributed by atoms with Gasteiger partial charge in [0.25, 0.3) is 0 Å². The Labute approximate surface area is 92.5 Å². The maximum Gasteiger partial charge on any atom is 0.327 e. The van der Waals surface area contributed by atoms with E-state index in [1.54, 1.807) is 13.1 Å². The van der Waals surface area contributed by atoms with Crippen molar-refractivity contribution in [3.63, 3.8) is 0 Å². The van der Waals surface area contributed by atoms with Crippen molar-refractivity contribution in [2.24, 2.45) is 0 Å². The van der Waals surface area contributed by atoms with Crippen molar-refractivity contribution in [3.8, 4) is 0 Å². The Morgan fingerprint density at radius 2 is 2.12 bits per heavy atom. The summed E-state index contributed by atoms with van der Waals surface area (Å²) in [5.74, 6) is -1.71. The lowest BCUT2D eigenvalue weighted by atomic mass is 10.2. The molecule has 0 bridgehead atoms. The van der Waals surface area contributed by atoms with Crippen LogP contribution in [0.3, 0.4) is 0 Å². The molecule has 0 amide bonds. The van der Waals surface area contributed by atoms with Gasteiger partial charge in [0.1, 0.15) is 11.9 Å². The molecule has 1 atom stereocenters. The van der Waals surface area contributed by atoms with E-state index < -0.39 is 24.4 Å². The number of aliphatic carboxylic acids is 2. The van der Waals surface area contributed by atoms with Gasteiger partial charge in [0, 0.05) is 12.6 Å². The molecule has 1 heterocycles. The molecule has 0 aliphatic carbocycles. The number of carbonyl (C=O) groups is 2. The van der Waals surface area contributed by atoms with E-state index in [0.717, 1.165) is 0 Å². The van der Waals surface area contributed by atoms with Crippen LogP contribution in [-0.2, 0) is 16.0 Å². The van der Waals surface area contributed by atoms with E-state index in [0.29, 0.717) is 17.9 Å². The van der Waals surface area contributed by atoms with E-state index in [1.807, 2.05) is 6.92 Å². The van der Waals surface area contributed by atoms with E-state index in [9.17, 15) is 9.59 Å². The fourth-order valence-corrected chi connectivity index (χ4v) is 1.57. The van der Waals surface area contributed by atoms with Crippen molar-refractivity contribution in [3.05, 3.63) is 17.7 Å². The first-order valence-corrected chi connectivity index (χ1v) is 4.94. The van der Waals surface area contributed by atoms with Crippen molar-refractivity contribution in [2.45, 2.75) is 32.7 Å². The van der Waals surface area contributed by atoms with Crippen LogP contribution >= 0.6 is 0 Å². The number of carboxylic acid groups (broad SMARTS) is 2. The van der Waals surface area contributed by atoms with Gasteiger partial charge in [-0.2, -0.15) is 0 Å². The van der Waals surface area contributed by atoms with Crippen LogP contribution in [0.2, 0.25) is 0 Å². The van der Waals surface area contributed by atoms with Gasteiger partial charge in [0.2, 0.25) is 0 Å². The SMILES string of the molecule is CCc1nc(C)cn1[C@@H](CC(=O)O)C(=O)O. The molecule has 1 rings (SSSR count). The molecule has 0 aliphatic rings. The van der Waals surface area contributed by atoms with E-state index in [1.165, 1.54) is 4.57 Å². The predicted octanol–water partition coefficient (Wildman–Crippen LogP) is 0.854. The maximum atomic E-state index is 11.0. The fourth-order valence-electron chi connectivity index (χ4n) is 1.57. The van der Waals surface area contributed by atoms with Gasteiger partial charge in [-0.1, -0.05) is 6.92 Å². The van der Waals surface area contributed by atoms with Gasteiger partial charge in [-0.25, -0.2) is 9.78 Å². The molecule has 0 unspecified atom stereocenters. The summed E-state index contributed by atoms with van der Waals surface area (Å²) < 4.78 is 1.42. The Morgan fingerprint density at radius 3 is 2.56 bits per heavy atom.